The van der Waals surface area contributed by atoms with Gasteiger partial charge in [-0.05, 0) is 36.5 Å². The van der Waals surface area contributed by atoms with Gasteiger partial charge < -0.3 is 20.1 Å². The van der Waals surface area contributed by atoms with Crippen LogP contribution in [-0.2, 0) is 20.8 Å². The van der Waals surface area contributed by atoms with Crippen LogP contribution < -0.4 is 10.1 Å². The maximum absolute atomic E-state index is 12.6. The zero-order valence-electron chi connectivity index (χ0n) is 19.4. The van der Waals surface area contributed by atoms with Crippen LogP contribution in [-0.4, -0.2) is 78.1 Å². The van der Waals surface area contributed by atoms with Crippen molar-refractivity contribution in [2.75, 3.05) is 39.3 Å². The summed E-state index contributed by atoms with van der Waals surface area (Å²) in [5.74, 6) is -0.748. The number of ether oxygens (including phenoxy) is 1. The fourth-order valence-electron chi connectivity index (χ4n) is 5.50. The summed E-state index contributed by atoms with van der Waals surface area (Å²) >= 11 is 0. The molecule has 0 radical (unpaired) electrons. The number of hydrogen-bond donors (Lipinski definition) is 2. The zero-order chi connectivity index (χ0) is 23.4. The Morgan fingerprint density at radius 2 is 2.12 bits per heavy atom. The molecule has 2 N–H and O–H groups in total. The van der Waals surface area contributed by atoms with Crippen molar-refractivity contribution in [1.82, 2.24) is 15.1 Å². The molecule has 0 aliphatic carbocycles. The lowest BCUT2D eigenvalue weighted by molar-refractivity contribution is -0.143. The van der Waals surface area contributed by atoms with E-state index in [1.54, 1.807) is 0 Å². The maximum Gasteiger partial charge on any atom is 0.308 e. The van der Waals surface area contributed by atoms with Crippen molar-refractivity contribution in [3.63, 3.8) is 0 Å². The molecule has 1 unspecified atom stereocenters. The van der Waals surface area contributed by atoms with Gasteiger partial charge in [0.25, 0.3) is 0 Å². The summed E-state index contributed by atoms with van der Waals surface area (Å²) < 4.78 is 5.62. The Labute approximate surface area is 195 Å². The normalized spacial score (nSPS) is 24.7. The number of nitrogens with one attached hydrogen (secondary N) is 1. The van der Waals surface area contributed by atoms with E-state index in [0.29, 0.717) is 39.1 Å². The number of benzene rings is 1. The fraction of sp³-hybridized carbons (Fsp3) is 0.640. The second kappa shape index (κ2) is 10.5. The molecule has 3 aliphatic rings. The predicted molar refractivity (Wildman–Crippen MR) is 123 cm³/mol. The summed E-state index contributed by atoms with van der Waals surface area (Å²) in [5, 5.41) is 13.2. The van der Waals surface area contributed by atoms with Crippen LogP contribution in [0, 0.1) is 5.92 Å². The molecule has 2 saturated heterocycles. The van der Waals surface area contributed by atoms with Crippen molar-refractivity contribution < 1.29 is 24.2 Å². The summed E-state index contributed by atoms with van der Waals surface area (Å²) in [6.45, 7) is 5.31. The van der Waals surface area contributed by atoms with E-state index in [1.807, 2.05) is 21.9 Å². The standard InChI is InChI=1S/C25H35N3O5/c1-2-3-10-26-22(29)16-28-15-19(17-6-7-21-18(14-17)9-13-33-21)24(25(31)32)20(28)8-12-27-11-4-5-23(27)30/h6-7,14,19-20,24H,2-5,8-13,15-16H2,1H3,(H,26,29)(H,31,32)/t19-,20+,24?/m1/s1. The number of amides is 2. The van der Waals surface area contributed by atoms with Crippen molar-refractivity contribution in [3.8, 4) is 5.75 Å². The van der Waals surface area contributed by atoms with Gasteiger partial charge in [0.05, 0.1) is 19.1 Å². The van der Waals surface area contributed by atoms with Gasteiger partial charge in [-0.3, -0.25) is 19.3 Å². The van der Waals surface area contributed by atoms with E-state index in [2.05, 4.69) is 18.3 Å². The molecule has 1 aromatic carbocycles. The van der Waals surface area contributed by atoms with E-state index in [4.69, 9.17) is 4.74 Å². The largest absolute Gasteiger partial charge is 0.493 e. The number of unbranched alkanes of at least 4 members (excludes halogenated alkanes) is 1. The highest BCUT2D eigenvalue weighted by atomic mass is 16.5. The summed E-state index contributed by atoms with van der Waals surface area (Å²) in [6.07, 6.45) is 4.73. The van der Waals surface area contributed by atoms with E-state index >= 15 is 0 Å². The Morgan fingerprint density at radius 3 is 2.85 bits per heavy atom. The van der Waals surface area contributed by atoms with Crippen molar-refractivity contribution in [2.24, 2.45) is 5.92 Å². The third-order valence-corrected chi connectivity index (χ3v) is 7.24. The molecule has 4 rings (SSSR count). The predicted octanol–water partition coefficient (Wildman–Crippen LogP) is 2.02. The second-order valence-electron chi connectivity index (χ2n) is 9.41. The average molecular weight is 458 g/mol. The third-order valence-electron chi connectivity index (χ3n) is 7.24. The Morgan fingerprint density at radius 1 is 1.27 bits per heavy atom. The minimum atomic E-state index is -0.844. The van der Waals surface area contributed by atoms with Gasteiger partial charge in [0.15, 0.2) is 0 Å². The second-order valence-corrected chi connectivity index (χ2v) is 9.41. The molecule has 180 valence electrons. The molecular weight excluding hydrogens is 422 g/mol. The van der Waals surface area contributed by atoms with Crippen molar-refractivity contribution in [1.29, 1.82) is 0 Å². The van der Waals surface area contributed by atoms with Gasteiger partial charge in [-0.15, -0.1) is 0 Å². The van der Waals surface area contributed by atoms with Gasteiger partial charge in [-0.25, -0.2) is 0 Å². The van der Waals surface area contributed by atoms with E-state index in [1.165, 1.54) is 0 Å². The van der Waals surface area contributed by atoms with Crippen molar-refractivity contribution in [3.05, 3.63) is 29.3 Å². The number of hydrogen-bond acceptors (Lipinski definition) is 5. The molecule has 2 fully saturated rings. The number of fused-ring (bicyclic) bond motifs is 1. The summed E-state index contributed by atoms with van der Waals surface area (Å²) in [7, 11) is 0. The highest BCUT2D eigenvalue weighted by molar-refractivity contribution is 5.79. The van der Waals surface area contributed by atoms with Crippen LogP contribution in [0.1, 0.15) is 56.1 Å². The van der Waals surface area contributed by atoms with E-state index < -0.39 is 11.9 Å². The molecule has 33 heavy (non-hydrogen) atoms. The fourth-order valence-corrected chi connectivity index (χ4v) is 5.50. The SMILES string of the molecule is CCCCNC(=O)CN1C[C@H](c2ccc3c(c2)CCO3)C(C(=O)O)[C@@H]1CCN1CCCC1=O. The lowest BCUT2D eigenvalue weighted by atomic mass is 9.83. The van der Waals surface area contributed by atoms with Crippen LogP contribution in [0.5, 0.6) is 5.75 Å². The first-order valence-electron chi connectivity index (χ1n) is 12.2. The van der Waals surface area contributed by atoms with Crippen LogP contribution in [0.4, 0.5) is 0 Å². The monoisotopic (exact) mass is 457 g/mol. The van der Waals surface area contributed by atoms with Crippen LogP contribution in [0.3, 0.4) is 0 Å². The molecule has 1 aromatic rings. The van der Waals surface area contributed by atoms with E-state index in [0.717, 1.165) is 49.1 Å². The van der Waals surface area contributed by atoms with Crippen molar-refractivity contribution in [2.45, 2.75) is 57.4 Å². The number of carboxylic acid groups (broad SMARTS) is 1. The molecule has 8 nitrogen and oxygen atoms in total. The number of aliphatic carboxylic acids is 1. The van der Waals surface area contributed by atoms with Crippen LogP contribution >= 0.6 is 0 Å². The van der Waals surface area contributed by atoms with E-state index in [9.17, 15) is 19.5 Å². The van der Waals surface area contributed by atoms with Crippen LogP contribution in [0.2, 0.25) is 0 Å². The Kier molecular flexibility index (Phi) is 7.53. The summed E-state index contributed by atoms with van der Waals surface area (Å²) in [4.78, 5) is 41.1. The molecule has 2 amide bonds. The van der Waals surface area contributed by atoms with Crippen LogP contribution in [0.25, 0.3) is 0 Å². The number of likely N-dealkylation sites (tertiary alicyclic amines) is 2. The van der Waals surface area contributed by atoms with Gasteiger partial charge in [0.1, 0.15) is 5.75 Å². The molecule has 3 atom stereocenters. The van der Waals surface area contributed by atoms with Crippen LogP contribution in [0.15, 0.2) is 18.2 Å². The Bertz CT molecular complexity index is 889. The lowest BCUT2D eigenvalue weighted by Crippen LogP contribution is -2.44. The quantitative estimate of drug-likeness (QED) is 0.522. The van der Waals surface area contributed by atoms with Gasteiger partial charge in [0.2, 0.25) is 11.8 Å². The first-order chi connectivity index (χ1) is 16.0. The molecule has 0 spiro atoms. The highest BCUT2D eigenvalue weighted by Gasteiger charge is 2.47. The van der Waals surface area contributed by atoms with Gasteiger partial charge in [0, 0.05) is 51.0 Å². The average Bonchev–Trinajstić information content (AvgIpc) is 3.50. The first-order valence-corrected chi connectivity index (χ1v) is 12.2. The molecule has 3 aliphatic heterocycles. The number of nitrogens with zero attached hydrogens (tertiary/aromatic N) is 2. The first kappa shape index (κ1) is 23.5. The molecule has 8 heteroatoms. The van der Waals surface area contributed by atoms with Gasteiger partial charge in [-0.2, -0.15) is 0 Å². The van der Waals surface area contributed by atoms with Gasteiger partial charge >= 0.3 is 5.97 Å². The lowest BCUT2D eigenvalue weighted by Gasteiger charge is -2.28. The number of carbonyl (C=O) groups is 3. The number of carbonyl (C=O) groups excluding carboxylic acids is 2. The molecule has 0 bridgehead atoms. The minimum Gasteiger partial charge on any atom is -0.493 e. The Hall–Kier alpha value is -2.61. The third kappa shape index (κ3) is 5.32. The highest BCUT2D eigenvalue weighted by Crippen LogP contribution is 2.41. The Balaban J connectivity index is 1.54. The van der Waals surface area contributed by atoms with E-state index in [-0.39, 0.29) is 30.3 Å². The molecule has 3 heterocycles. The maximum atomic E-state index is 12.6. The van der Waals surface area contributed by atoms with Gasteiger partial charge in [-0.1, -0.05) is 25.5 Å². The summed E-state index contributed by atoms with van der Waals surface area (Å²) in [5.41, 5.74) is 2.11. The minimum absolute atomic E-state index is 0.0714. The number of carboxylic acids is 1. The number of rotatable bonds is 10. The smallest absolute Gasteiger partial charge is 0.308 e. The molecule has 0 saturated carbocycles. The summed E-state index contributed by atoms with van der Waals surface area (Å²) in [6, 6.07) is 5.68. The van der Waals surface area contributed by atoms with Crippen molar-refractivity contribution >= 4 is 17.8 Å². The zero-order valence-corrected chi connectivity index (χ0v) is 19.4. The molecule has 0 aromatic heterocycles. The molecular formula is C25H35N3O5. The topological polar surface area (TPSA) is 99.2 Å².